The highest BCUT2D eigenvalue weighted by atomic mass is 31.2. The van der Waals surface area contributed by atoms with Crippen LogP contribution in [0.15, 0.2) is 30.2 Å². The number of phosphoric acid groups is 1. The summed E-state index contributed by atoms with van der Waals surface area (Å²) in [6, 6.07) is 5.72. The van der Waals surface area contributed by atoms with Crippen molar-refractivity contribution in [3.05, 3.63) is 35.9 Å². The van der Waals surface area contributed by atoms with E-state index in [1.54, 1.807) is 23.6 Å². The van der Waals surface area contributed by atoms with E-state index in [1.807, 2.05) is 6.07 Å². The maximum absolute atomic E-state index is 12.4. The zero-order chi connectivity index (χ0) is 37.2. The molecule has 1 fully saturated rings. The van der Waals surface area contributed by atoms with Gasteiger partial charge in [0.25, 0.3) is 0 Å². The number of hydrogen-bond acceptors (Lipinski definition) is 11. The molecular formula is C37H65N6O7P. The fraction of sp³-hybridized carbons (Fsp3) is 0.757. The summed E-state index contributed by atoms with van der Waals surface area (Å²) in [7, 11) is -4.35. The van der Waals surface area contributed by atoms with Crippen LogP contribution in [0.5, 0.6) is 0 Å². The zero-order valence-corrected chi connectivity index (χ0v) is 32.1. The Morgan fingerprint density at radius 1 is 1.00 bits per heavy atom. The maximum Gasteiger partial charge on any atom is 0.472 e. The van der Waals surface area contributed by atoms with Gasteiger partial charge in [0.2, 0.25) is 0 Å². The minimum atomic E-state index is -4.35. The van der Waals surface area contributed by atoms with Crippen molar-refractivity contribution in [2.24, 2.45) is 5.73 Å². The molecule has 3 unspecified atom stereocenters. The first kappa shape index (κ1) is 44.6. The molecule has 2 aromatic rings. The largest absolute Gasteiger partial charge is 0.472 e. The van der Waals surface area contributed by atoms with Crippen LogP contribution in [0.4, 0.5) is 5.82 Å². The van der Waals surface area contributed by atoms with Crippen LogP contribution in [0.25, 0.3) is 5.52 Å². The first-order valence-electron chi connectivity index (χ1n) is 19.1. The monoisotopic (exact) mass is 736 g/mol. The Hall–Kier alpha value is -2.56. The minimum Gasteiger partial charge on any atom is -0.400 e. The molecular weight excluding hydrogens is 671 g/mol. The van der Waals surface area contributed by atoms with Crippen LogP contribution in [0.2, 0.25) is 0 Å². The molecule has 0 aromatic carbocycles. The molecule has 0 aliphatic carbocycles. The minimum absolute atomic E-state index is 0.0209. The van der Waals surface area contributed by atoms with Gasteiger partial charge in [-0.15, -0.1) is 0 Å². The third-order valence-corrected chi connectivity index (χ3v) is 10.0. The second kappa shape index (κ2) is 26.2. The summed E-state index contributed by atoms with van der Waals surface area (Å²) in [4.78, 5) is 14.1. The summed E-state index contributed by atoms with van der Waals surface area (Å²) < 4.78 is 36.0. The van der Waals surface area contributed by atoms with Gasteiger partial charge >= 0.3 is 7.82 Å². The highest BCUT2D eigenvalue weighted by molar-refractivity contribution is 7.47. The van der Waals surface area contributed by atoms with E-state index in [-0.39, 0.29) is 19.8 Å². The van der Waals surface area contributed by atoms with Crippen molar-refractivity contribution in [2.45, 2.75) is 148 Å². The lowest BCUT2D eigenvalue weighted by Crippen LogP contribution is -2.32. The number of hydrogen-bond donors (Lipinski definition) is 4. The molecule has 0 saturated carbocycles. The number of unbranched alkanes of at least 4 members (excludes halogenated alkanes) is 15. The highest BCUT2D eigenvalue weighted by Gasteiger charge is 2.44. The summed E-state index contributed by atoms with van der Waals surface area (Å²) in [6.07, 6.45) is 25.3. The Morgan fingerprint density at radius 2 is 1.59 bits per heavy atom. The molecule has 51 heavy (non-hydrogen) atoms. The molecule has 6 N–H and O–H groups in total. The van der Waals surface area contributed by atoms with Crippen molar-refractivity contribution in [1.82, 2.24) is 14.6 Å². The van der Waals surface area contributed by atoms with E-state index in [1.165, 1.54) is 103 Å². The Balaban J connectivity index is 0.00000138. The zero-order valence-electron chi connectivity index (χ0n) is 31.2. The molecule has 1 saturated heterocycles. The molecule has 13 nitrogen and oxygen atoms in total. The number of phosphoric ester groups is 1. The van der Waals surface area contributed by atoms with Crippen LogP contribution in [0, 0.1) is 11.3 Å². The normalized spacial score (nSPS) is 18.7. The Labute approximate surface area is 305 Å². The van der Waals surface area contributed by atoms with E-state index < -0.39 is 19.5 Å². The third-order valence-electron chi connectivity index (χ3n) is 9.07. The lowest BCUT2D eigenvalue weighted by Gasteiger charge is -2.23. The van der Waals surface area contributed by atoms with E-state index in [2.05, 4.69) is 23.1 Å². The van der Waals surface area contributed by atoms with E-state index in [4.69, 9.17) is 35.1 Å². The molecule has 1 aliphatic heterocycles. The number of ether oxygens (including phenoxy) is 2. The summed E-state index contributed by atoms with van der Waals surface area (Å²) >= 11 is 0. The number of rotatable bonds is 27. The van der Waals surface area contributed by atoms with Gasteiger partial charge in [-0.3, -0.25) is 9.05 Å². The van der Waals surface area contributed by atoms with Crippen molar-refractivity contribution in [3.63, 3.8) is 0 Å². The fourth-order valence-electron chi connectivity index (χ4n) is 5.91. The van der Waals surface area contributed by atoms with Crippen LogP contribution < -0.4 is 11.5 Å². The number of nitrogens with two attached hydrogens (primary N) is 2. The highest BCUT2D eigenvalue weighted by Crippen LogP contribution is 2.47. The quantitative estimate of drug-likeness (QED) is 0.0508. The number of aromatic nitrogens is 3. The Bertz CT molecular complexity index is 1340. The predicted molar refractivity (Wildman–Crippen MR) is 201 cm³/mol. The molecule has 0 bridgehead atoms. The maximum atomic E-state index is 12.4. The van der Waals surface area contributed by atoms with Gasteiger partial charge in [-0.05, 0) is 44.7 Å². The average Bonchev–Trinajstić information content (AvgIpc) is 3.77. The molecule has 3 atom stereocenters. The number of allylic oxidation sites excluding steroid dienone is 1. The summed E-state index contributed by atoms with van der Waals surface area (Å²) in [5.74, 6) is 0.341. The van der Waals surface area contributed by atoms with Gasteiger partial charge in [-0.2, -0.15) is 10.4 Å². The molecule has 14 heteroatoms. The van der Waals surface area contributed by atoms with Gasteiger partial charge in [0.1, 0.15) is 30.6 Å². The lowest BCUT2D eigenvalue weighted by atomic mass is 10.0. The summed E-state index contributed by atoms with van der Waals surface area (Å²) in [6.45, 7) is 4.79. The van der Waals surface area contributed by atoms with Gasteiger partial charge in [0, 0.05) is 18.9 Å². The second-order valence-corrected chi connectivity index (χ2v) is 14.8. The van der Waals surface area contributed by atoms with Crippen molar-refractivity contribution in [3.8, 4) is 6.07 Å². The number of nitrogens with zero attached hydrogens (tertiary/aromatic N) is 4. The Morgan fingerprint density at radius 3 is 2.14 bits per heavy atom. The molecule has 3 heterocycles. The number of nitrogen functional groups attached to an aromatic ring is 1. The van der Waals surface area contributed by atoms with Crippen molar-refractivity contribution in [1.29, 1.82) is 5.26 Å². The molecule has 1 aliphatic rings. The van der Waals surface area contributed by atoms with Crippen molar-refractivity contribution < 1.29 is 33.1 Å². The van der Waals surface area contributed by atoms with Gasteiger partial charge < -0.3 is 30.9 Å². The third kappa shape index (κ3) is 18.2. The molecule has 0 radical (unpaired) electrons. The number of anilines is 1. The summed E-state index contributed by atoms with van der Waals surface area (Å²) in [5, 5.41) is 22.2. The second-order valence-electron chi connectivity index (χ2n) is 13.3. The molecule has 2 aromatic heterocycles. The van der Waals surface area contributed by atoms with Gasteiger partial charge in [-0.25, -0.2) is 14.1 Å². The smallest absolute Gasteiger partial charge is 0.400 e. The topological polar surface area (TPSA) is 200 Å². The SMILES string of the molecule is C/C=C(\N)CO.CCCCCCCCCCCCCCCCCCOCCCOP(=O)(O)OCC1(C#N)CCC(c2ccc3c(N)ncnn23)O1. The standard InChI is InChI=1S/C33H56N5O6P.C4H9NO/c1-2-3-4-5-6-7-8-9-10-11-12-13-14-15-16-17-23-41-24-18-25-42-45(39,40)43-27-33(26-34)22-21-31(44-33)29-19-20-30-32(35)36-28-37-38(29)30;1-2-4(5)3-6/h19-20,28,31H,2-18,21-25,27H2,1H3,(H,39,40)(H2,35,36,37);2,6H,3,5H2,1H3/b;4-2-. The average molecular weight is 737 g/mol. The van der Waals surface area contributed by atoms with Gasteiger partial charge in [-0.1, -0.05) is 109 Å². The molecule has 3 rings (SSSR count). The van der Waals surface area contributed by atoms with Crippen molar-refractivity contribution >= 4 is 19.2 Å². The van der Waals surface area contributed by atoms with Crippen LogP contribution in [0.1, 0.15) is 148 Å². The number of aliphatic hydroxyl groups is 1. The molecule has 0 spiro atoms. The Kier molecular flexibility index (Phi) is 22.9. The first-order chi connectivity index (χ1) is 24.7. The van der Waals surface area contributed by atoms with Crippen LogP contribution >= 0.6 is 7.82 Å². The molecule has 0 amide bonds. The first-order valence-corrected chi connectivity index (χ1v) is 20.6. The predicted octanol–water partition coefficient (Wildman–Crippen LogP) is 8.07. The molecule has 290 valence electrons. The van der Waals surface area contributed by atoms with Crippen LogP contribution in [0.3, 0.4) is 0 Å². The number of fused-ring (bicyclic) bond motifs is 1. The van der Waals surface area contributed by atoms with E-state index >= 15 is 0 Å². The van der Waals surface area contributed by atoms with Gasteiger partial charge in [0.05, 0.1) is 18.9 Å². The van der Waals surface area contributed by atoms with E-state index in [9.17, 15) is 14.7 Å². The van der Waals surface area contributed by atoms with Crippen molar-refractivity contribution in [2.75, 3.05) is 38.8 Å². The lowest BCUT2D eigenvalue weighted by molar-refractivity contribution is -0.0399. The number of nitriles is 1. The van der Waals surface area contributed by atoms with Crippen LogP contribution in [-0.2, 0) is 23.1 Å². The van der Waals surface area contributed by atoms with E-state index in [0.29, 0.717) is 49.5 Å². The summed E-state index contributed by atoms with van der Waals surface area (Å²) in [5.41, 5.74) is 11.5. The fourth-order valence-corrected chi connectivity index (χ4v) is 6.72. The van der Waals surface area contributed by atoms with E-state index in [0.717, 1.165) is 12.1 Å². The van der Waals surface area contributed by atoms with Gasteiger partial charge in [0.15, 0.2) is 11.4 Å². The number of aliphatic hydroxyl groups excluding tert-OH is 1. The van der Waals surface area contributed by atoms with Crippen LogP contribution in [-0.4, -0.2) is 63.2 Å².